The fraction of sp³-hybridized carbons (Fsp3) is 0.500. The van der Waals surface area contributed by atoms with E-state index in [9.17, 15) is 5.11 Å². The lowest BCUT2D eigenvalue weighted by molar-refractivity contribution is 0.245. The summed E-state index contributed by atoms with van der Waals surface area (Å²) < 4.78 is 0. The predicted octanol–water partition coefficient (Wildman–Crippen LogP) is 2.11. The maximum Gasteiger partial charge on any atom is 0.119 e. The van der Waals surface area contributed by atoms with Crippen molar-refractivity contribution >= 4 is 0 Å². The molecule has 76 valence electrons. The second kappa shape index (κ2) is 4.01. The third-order valence-electron chi connectivity index (χ3n) is 3.22. The number of aromatic hydroxyl groups is 1. The van der Waals surface area contributed by atoms with Crippen molar-refractivity contribution in [3.63, 3.8) is 0 Å². The number of benzene rings is 1. The van der Waals surface area contributed by atoms with E-state index in [1.165, 1.54) is 12.8 Å². The van der Waals surface area contributed by atoms with Crippen LogP contribution in [-0.4, -0.2) is 18.7 Å². The number of phenolic OH excluding ortho intramolecular Hbond substituents is 1. The summed E-state index contributed by atoms with van der Waals surface area (Å²) in [7, 11) is 1.99. The third kappa shape index (κ3) is 1.62. The van der Waals surface area contributed by atoms with Gasteiger partial charge in [0.25, 0.3) is 0 Å². The summed E-state index contributed by atoms with van der Waals surface area (Å²) in [6, 6.07) is 7.71. The summed E-state index contributed by atoms with van der Waals surface area (Å²) in [6.45, 7) is 1.05. The first-order valence-corrected chi connectivity index (χ1v) is 5.25. The number of phenols is 1. The topological polar surface area (TPSA) is 32.3 Å². The molecule has 2 rings (SSSR count). The largest absolute Gasteiger partial charge is 0.508 e. The van der Waals surface area contributed by atoms with Crippen LogP contribution >= 0.6 is 0 Å². The zero-order chi connectivity index (χ0) is 9.97. The van der Waals surface area contributed by atoms with Gasteiger partial charge in [-0.1, -0.05) is 18.2 Å². The fourth-order valence-electron chi connectivity index (χ4n) is 2.29. The minimum atomic E-state index is 0.457. The van der Waals surface area contributed by atoms with Gasteiger partial charge in [0.15, 0.2) is 0 Å². The standard InChI is InChI=1S/C12H17NO/c1-13-8-9-6-7-10(9)11-4-2-3-5-12(11)14/h2-5,9-10,13-14H,6-8H2,1H3. The minimum Gasteiger partial charge on any atom is -0.508 e. The quantitative estimate of drug-likeness (QED) is 0.767. The smallest absolute Gasteiger partial charge is 0.119 e. The third-order valence-corrected chi connectivity index (χ3v) is 3.22. The highest BCUT2D eigenvalue weighted by molar-refractivity contribution is 5.36. The molecular weight excluding hydrogens is 174 g/mol. The van der Waals surface area contributed by atoms with Gasteiger partial charge in [0.2, 0.25) is 0 Å². The molecule has 2 heteroatoms. The molecule has 0 amide bonds. The van der Waals surface area contributed by atoms with Crippen molar-refractivity contribution in [2.75, 3.05) is 13.6 Å². The molecule has 0 aromatic heterocycles. The van der Waals surface area contributed by atoms with Crippen LogP contribution in [0.3, 0.4) is 0 Å². The van der Waals surface area contributed by atoms with Crippen molar-refractivity contribution in [2.45, 2.75) is 18.8 Å². The van der Waals surface area contributed by atoms with Crippen LogP contribution in [0.2, 0.25) is 0 Å². The van der Waals surface area contributed by atoms with E-state index in [1.807, 2.05) is 25.2 Å². The number of nitrogens with one attached hydrogen (secondary N) is 1. The normalized spacial score (nSPS) is 25.8. The average Bonchev–Trinajstić information content (AvgIpc) is 2.16. The van der Waals surface area contributed by atoms with Gasteiger partial charge in [0.1, 0.15) is 5.75 Å². The molecule has 0 aliphatic heterocycles. The van der Waals surface area contributed by atoms with E-state index in [4.69, 9.17) is 0 Å². The van der Waals surface area contributed by atoms with Gasteiger partial charge >= 0.3 is 0 Å². The molecule has 0 saturated heterocycles. The molecule has 0 spiro atoms. The Hall–Kier alpha value is -1.02. The van der Waals surface area contributed by atoms with E-state index in [0.717, 1.165) is 12.1 Å². The number of hydrogen-bond donors (Lipinski definition) is 2. The highest BCUT2D eigenvalue weighted by Crippen LogP contribution is 2.44. The van der Waals surface area contributed by atoms with E-state index in [2.05, 4.69) is 5.32 Å². The van der Waals surface area contributed by atoms with E-state index < -0.39 is 0 Å². The van der Waals surface area contributed by atoms with Crippen LogP contribution < -0.4 is 5.32 Å². The van der Waals surface area contributed by atoms with Gasteiger partial charge in [0.05, 0.1) is 0 Å². The van der Waals surface area contributed by atoms with Crippen LogP contribution in [0.4, 0.5) is 0 Å². The van der Waals surface area contributed by atoms with Crippen molar-refractivity contribution in [3.05, 3.63) is 29.8 Å². The Balaban J connectivity index is 2.12. The highest BCUT2D eigenvalue weighted by atomic mass is 16.3. The predicted molar refractivity (Wildman–Crippen MR) is 57.5 cm³/mol. The molecule has 1 aliphatic carbocycles. The average molecular weight is 191 g/mol. The molecule has 14 heavy (non-hydrogen) atoms. The second-order valence-electron chi connectivity index (χ2n) is 4.06. The van der Waals surface area contributed by atoms with E-state index in [-0.39, 0.29) is 0 Å². The summed E-state index contributed by atoms with van der Waals surface area (Å²) in [4.78, 5) is 0. The summed E-state index contributed by atoms with van der Waals surface area (Å²) in [6.07, 6.45) is 2.49. The van der Waals surface area contributed by atoms with Crippen molar-refractivity contribution < 1.29 is 5.11 Å². The van der Waals surface area contributed by atoms with E-state index in [1.54, 1.807) is 6.07 Å². The van der Waals surface area contributed by atoms with Crippen LogP contribution in [-0.2, 0) is 0 Å². The maximum absolute atomic E-state index is 9.71. The highest BCUT2D eigenvalue weighted by Gasteiger charge is 2.32. The van der Waals surface area contributed by atoms with Gasteiger partial charge in [-0.2, -0.15) is 0 Å². The molecule has 2 nitrogen and oxygen atoms in total. The van der Waals surface area contributed by atoms with E-state index in [0.29, 0.717) is 17.6 Å². The Morgan fingerprint density at radius 2 is 2.14 bits per heavy atom. The number of para-hydroxylation sites is 1. The summed E-state index contributed by atoms with van der Waals surface area (Å²) >= 11 is 0. The van der Waals surface area contributed by atoms with Crippen molar-refractivity contribution in [1.29, 1.82) is 0 Å². The van der Waals surface area contributed by atoms with Crippen LogP contribution in [0.15, 0.2) is 24.3 Å². The van der Waals surface area contributed by atoms with Gasteiger partial charge < -0.3 is 10.4 Å². The molecule has 1 aliphatic rings. The lowest BCUT2D eigenvalue weighted by Crippen LogP contribution is -2.32. The van der Waals surface area contributed by atoms with Crippen LogP contribution in [0.5, 0.6) is 5.75 Å². The Bertz CT molecular complexity index is 311. The monoisotopic (exact) mass is 191 g/mol. The molecule has 1 fully saturated rings. The first kappa shape index (κ1) is 9.53. The lowest BCUT2D eigenvalue weighted by Gasteiger charge is -2.37. The molecule has 1 aromatic carbocycles. The Morgan fingerprint density at radius 3 is 2.71 bits per heavy atom. The zero-order valence-electron chi connectivity index (χ0n) is 8.53. The molecule has 2 unspecified atom stereocenters. The van der Waals surface area contributed by atoms with Gasteiger partial charge in [-0.05, 0) is 49.9 Å². The van der Waals surface area contributed by atoms with Gasteiger partial charge in [-0.25, -0.2) is 0 Å². The second-order valence-corrected chi connectivity index (χ2v) is 4.06. The molecule has 0 radical (unpaired) electrons. The molecule has 2 atom stereocenters. The van der Waals surface area contributed by atoms with Gasteiger partial charge in [-0.3, -0.25) is 0 Å². The summed E-state index contributed by atoms with van der Waals surface area (Å²) in [5, 5.41) is 12.9. The molecule has 0 heterocycles. The van der Waals surface area contributed by atoms with Crippen molar-refractivity contribution in [2.24, 2.45) is 5.92 Å². The first-order chi connectivity index (χ1) is 6.83. The molecule has 0 bridgehead atoms. The van der Waals surface area contributed by atoms with Gasteiger partial charge in [-0.15, -0.1) is 0 Å². The Kier molecular flexibility index (Phi) is 2.73. The van der Waals surface area contributed by atoms with Gasteiger partial charge in [0, 0.05) is 0 Å². The molecule has 2 N–H and O–H groups in total. The van der Waals surface area contributed by atoms with Crippen molar-refractivity contribution in [1.82, 2.24) is 5.32 Å². The van der Waals surface area contributed by atoms with Crippen LogP contribution in [0.25, 0.3) is 0 Å². The maximum atomic E-state index is 9.71. The summed E-state index contributed by atoms with van der Waals surface area (Å²) in [5.41, 5.74) is 1.12. The van der Waals surface area contributed by atoms with E-state index >= 15 is 0 Å². The first-order valence-electron chi connectivity index (χ1n) is 5.25. The molecule has 1 aromatic rings. The fourth-order valence-corrected chi connectivity index (χ4v) is 2.29. The zero-order valence-corrected chi connectivity index (χ0v) is 8.53. The lowest BCUT2D eigenvalue weighted by atomic mass is 9.70. The SMILES string of the molecule is CNCC1CCC1c1ccccc1O. The Labute approximate surface area is 85.0 Å². The Morgan fingerprint density at radius 1 is 1.36 bits per heavy atom. The number of hydrogen-bond acceptors (Lipinski definition) is 2. The van der Waals surface area contributed by atoms with Crippen LogP contribution in [0.1, 0.15) is 24.3 Å². The number of rotatable bonds is 3. The molecular formula is C12H17NO. The van der Waals surface area contributed by atoms with Crippen molar-refractivity contribution in [3.8, 4) is 5.75 Å². The van der Waals surface area contributed by atoms with Crippen LogP contribution in [0, 0.1) is 5.92 Å². The molecule has 1 saturated carbocycles. The summed E-state index contributed by atoms with van der Waals surface area (Å²) in [5.74, 6) is 1.72. The minimum absolute atomic E-state index is 0.457.